The van der Waals surface area contributed by atoms with Gasteiger partial charge in [0.15, 0.2) is 0 Å². The van der Waals surface area contributed by atoms with Gasteiger partial charge in [-0.1, -0.05) is 24.3 Å². The third-order valence-electron chi connectivity index (χ3n) is 4.01. The van der Waals surface area contributed by atoms with E-state index in [1.807, 2.05) is 42.5 Å². The number of para-hydroxylation sites is 1. The van der Waals surface area contributed by atoms with Crippen LogP contribution in [0.4, 0.5) is 4.79 Å². The number of hydrogen-bond donors (Lipinski definition) is 1. The van der Waals surface area contributed by atoms with Crippen LogP contribution in [0, 0.1) is 0 Å². The maximum absolute atomic E-state index is 13.3. The number of hydrogen-bond acceptors (Lipinski definition) is 4. The first-order chi connectivity index (χ1) is 13.2. The van der Waals surface area contributed by atoms with E-state index in [9.17, 15) is 9.59 Å². The third kappa shape index (κ3) is 4.25. The van der Waals surface area contributed by atoms with Gasteiger partial charge < -0.3 is 10.1 Å². The monoisotopic (exact) mass is 443 g/mol. The molecule has 1 aromatic heterocycles. The third-order valence-corrected chi connectivity index (χ3v) is 4.67. The molecule has 1 unspecified atom stereocenters. The molecule has 0 radical (unpaired) electrons. The van der Waals surface area contributed by atoms with Crippen molar-refractivity contribution in [2.45, 2.75) is 39.3 Å². The van der Waals surface area contributed by atoms with E-state index < -0.39 is 17.7 Å². The number of carbonyl (C=O) groups excluding carboxylic acids is 1. The normalized spacial score (nSPS) is 12.6. The lowest BCUT2D eigenvalue weighted by Gasteiger charge is -2.23. The highest BCUT2D eigenvalue weighted by Gasteiger charge is 2.23. The van der Waals surface area contributed by atoms with Crippen LogP contribution in [0.5, 0.6) is 0 Å². The summed E-state index contributed by atoms with van der Waals surface area (Å²) in [6.07, 6.45) is -0.566. The molecule has 3 aromatic rings. The lowest BCUT2D eigenvalue weighted by Crippen LogP contribution is -2.37. The summed E-state index contributed by atoms with van der Waals surface area (Å²) in [5.74, 6) is 0.424. The second kappa shape index (κ2) is 7.75. The highest BCUT2D eigenvalue weighted by atomic mass is 79.9. The van der Waals surface area contributed by atoms with Crippen molar-refractivity contribution in [3.63, 3.8) is 0 Å². The van der Waals surface area contributed by atoms with Crippen molar-refractivity contribution < 1.29 is 9.53 Å². The number of halogens is 1. The molecule has 28 heavy (non-hydrogen) atoms. The summed E-state index contributed by atoms with van der Waals surface area (Å²) in [6.45, 7) is 7.16. The molecule has 146 valence electrons. The standard InChI is InChI=1S/C21H22BrN3O3/c1-13(23-20(27)28-21(2,3)4)18-24-16-12-8-11-15(22)17(16)19(26)25(18)14-9-6-5-7-10-14/h5-13H,1-4H3,(H,23,27). The van der Waals surface area contributed by atoms with Gasteiger partial charge in [-0.25, -0.2) is 9.78 Å². The average Bonchev–Trinajstić information content (AvgIpc) is 2.60. The van der Waals surface area contributed by atoms with Crippen LogP contribution in [0.25, 0.3) is 16.6 Å². The number of nitrogens with zero attached hydrogens (tertiary/aromatic N) is 2. The molecule has 0 saturated heterocycles. The zero-order chi connectivity index (χ0) is 20.5. The molecule has 1 amide bonds. The maximum atomic E-state index is 13.3. The predicted octanol–water partition coefficient (Wildman–Crippen LogP) is 4.73. The molecule has 2 aromatic carbocycles. The highest BCUT2D eigenvalue weighted by Crippen LogP contribution is 2.23. The van der Waals surface area contributed by atoms with Gasteiger partial charge >= 0.3 is 6.09 Å². The van der Waals surface area contributed by atoms with Gasteiger partial charge in [0.05, 0.1) is 22.6 Å². The van der Waals surface area contributed by atoms with Gasteiger partial charge in [-0.15, -0.1) is 0 Å². The van der Waals surface area contributed by atoms with Gasteiger partial charge in [0, 0.05) is 4.47 Å². The Bertz CT molecular complexity index is 1070. The zero-order valence-electron chi connectivity index (χ0n) is 16.2. The summed E-state index contributed by atoms with van der Waals surface area (Å²) in [7, 11) is 0. The first-order valence-corrected chi connectivity index (χ1v) is 9.73. The summed E-state index contributed by atoms with van der Waals surface area (Å²) in [5, 5.41) is 3.26. The van der Waals surface area contributed by atoms with Crippen LogP contribution in [-0.4, -0.2) is 21.2 Å². The van der Waals surface area contributed by atoms with E-state index in [2.05, 4.69) is 26.2 Å². The molecule has 0 aliphatic heterocycles. The number of ether oxygens (including phenoxy) is 1. The van der Waals surface area contributed by atoms with E-state index in [-0.39, 0.29) is 5.56 Å². The van der Waals surface area contributed by atoms with Gasteiger partial charge in [0.2, 0.25) is 0 Å². The van der Waals surface area contributed by atoms with Crippen molar-refractivity contribution in [2.24, 2.45) is 0 Å². The molecule has 1 N–H and O–H groups in total. The molecule has 3 rings (SSSR count). The number of alkyl carbamates (subject to hydrolysis) is 1. The minimum absolute atomic E-state index is 0.212. The fourth-order valence-corrected chi connectivity index (χ4v) is 3.40. The fourth-order valence-electron chi connectivity index (χ4n) is 2.87. The summed E-state index contributed by atoms with van der Waals surface area (Å²) in [4.78, 5) is 30.3. The summed E-state index contributed by atoms with van der Waals surface area (Å²) in [5.41, 5.74) is 0.395. The van der Waals surface area contributed by atoms with E-state index in [0.717, 1.165) is 0 Å². The Kier molecular flexibility index (Phi) is 5.56. The van der Waals surface area contributed by atoms with Crippen molar-refractivity contribution in [1.29, 1.82) is 0 Å². The summed E-state index contributed by atoms with van der Waals surface area (Å²) >= 11 is 3.45. The highest BCUT2D eigenvalue weighted by molar-refractivity contribution is 9.10. The van der Waals surface area contributed by atoms with Crippen LogP contribution >= 0.6 is 15.9 Å². The summed E-state index contributed by atoms with van der Waals surface area (Å²) in [6, 6.07) is 14.1. The van der Waals surface area contributed by atoms with Gasteiger partial charge in [-0.2, -0.15) is 0 Å². The van der Waals surface area contributed by atoms with Gasteiger partial charge in [0.1, 0.15) is 11.4 Å². The van der Waals surface area contributed by atoms with Crippen LogP contribution < -0.4 is 10.9 Å². The molecule has 0 aliphatic rings. The minimum atomic E-state index is -0.620. The van der Waals surface area contributed by atoms with Crippen molar-refractivity contribution in [2.75, 3.05) is 0 Å². The number of carbonyl (C=O) groups is 1. The fraction of sp³-hybridized carbons (Fsp3) is 0.286. The molecule has 0 fully saturated rings. The molecule has 0 aliphatic carbocycles. The van der Waals surface area contributed by atoms with Crippen molar-refractivity contribution in [3.05, 3.63) is 69.2 Å². The van der Waals surface area contributed by atoms with Crippen LogP contribution in [0.3, 0.4) is 0 Å². The zero-order valence-corrected chi connectivity index (χ0v) is 17.8. The summed E-state index contributed by atoms with van der Waals surface area (Å²) < 4.78 is 7.54. The molecule has 1 heterocycles. The van der Waals surface area contributed by atoms with Crippen LogP contribution in [0.1, 0.15) is 39.6 Å². The molecule has 7 heteroatoms. The van der Waals surface area contributed by atoms with E-state index in [0.29, 0.717) is 26.9 Å². The lowest BCUT2D eigenvalue weighted by molar-refractivity contribution is 0.0505. The van der Waals surface area contributed by atoms with Crippen LogP contribution in [0.15, 0.2) is 57.8 Å². The molecular formula is C21H22BrN3O3. The second-order valence-corrected chi connectivity index (χ2v) is 8.30. The van der Waals surface area contributed by atoms with E-state index in [1.54, 1.807) is 33.8 Å². The SMILES string of the molecule is CC(NC(=O)OC(C)(C)C)c1nc2cccc(Br)c2c(=O)n1-c1ccccc1. The molecule has 0 saturated carbocycles. The Morgan fingerprint density at radius 3 is 2.46 bits per heavy atom. The number of aromatic nitrogens is 2. The number of benzene rings is 2. The Morgan fingerprint density at radius 2 is 1.82 bits per heavy atom. The maximum Gasteiger partial charge on any atom is 0.408 e. The van der Waals surface area contributed by atoms with Crippen LogP contribution in [-0.2, 0) is 4.74 Å². The Morgan fingerprint density at radius 1 is 1.14 bits per heavy atom. The molecule has 0 spiro atoms. The smallest absolute Gasteiger partial charge is 0.408 e. The topological polar surface area (TPSA) is 73.2 Å². The molecule has 6 nitrogen and oxygen atoms in total. The quantitative estimate of drug-likeness (QED) is 0.634. The Hall–Kier alpha value is -2.67. The lowest BCUT2D eigenvalue weighted by atomic mass is 10.2. The van der Waals surface area contributed by atoms with Crippen molar-refractivity contribution in [1.82, 2.24) is 14.9 Å². The van der Waals surface area contributed by atoms with Gasteiger partial charge in [-0.05, 0) is 67.9 Å². The minimum Gasteiger partial charge on any atom is -0.444 e. The largest absolute Gasteiger partial charge is 0.444 e. The first kappa shape index (κ1) is 20.1. The second-order valence-electron chi connectivity index (χ2n) is 7.45. The van der Waals surface area contributed by atoms with Crippen LogP contribution in [0.2, 0.25) is 0 Å². The molecule has 1 atom stereocenters. The van der Waals surface area contributed by atoms with Crippen molar-refractivity contribution >= 4 is 32.9 Å². The van der Waals surface area contributed by atoms with Gasteiger partial charge in [0.25, 0.3) is 5.56 Å². The first-order valence-electron chi connectivity index (χ1n) is 8.93. The number of nitrogens with one attached hydrogen (secondary N) is 1. The Labute approximate surface area is 171 Å². The number of rotatable bonds is 3. The van der Waals surface area contributed by atoms with Crippen molar-refractivity contribution in [3.8, 4) is 5.69 Å². The van der Waals surface area contributed by atoms with E-state index >= 15 is 0 Å². The number of amides is 1. The van der Waals surface area contributed by atoms with E-state index in [1.165, 1.54) is 4.57 Å². The predicted molar refractivity (Wildman–Crippen MR) is 113 cm³/mol. The Balaban J connectivity index is 2.15. The van der Waals surface area contributed by atoms with E-state index in [4.69, 9.17) is 4.74 Å². The average molecular weight is 444 g/mol. The molecular weight excluding hydrogens is 422 g/mol. The van der Waals surface area contributed by atoms with Gasteiger partial charge in [-0.3, -0.25) is 9.36 Å². The molecule has 0 bridgehead atoms. The number of fused-ring (bicyclic) bond motifs is 1.